The molecule has 8 N–H and O–H groups in total. The number of carbonyl (C=O) groups is 3. The monoisotopic (exact) mass is 272 g/mol. The molecule has 9 nitrogen and oxygen atoms in total. The first-order chi connectivity index (χ1) is 8.92. The second kappa shape index (κ2) is 6.27. The maximum Gasteiger partial charge on any atom is 0.259 e. The molecule has 0 saturated carbocycles. The van der Waals surface area contributed by atoms with Crippen LogP contribution in [0, 0.1) is 0 Å². The summed E-state index contributed by atoms with van der Waals surface area (Å²) in [5.74, 6) is -2.66. The first kappa shape index (κ1) is 15.1. The topological polar surface area (TPSA) is 168 Å². The number of hydrogen-bond donors (Lipinski definition) is 6. The van der Waals surface area contributed by atoms with E-state index in [2.05, 4.69) is 10.6 Å². The molecule has 0 aromatic carbocycles. The normalized spacial score (nSPS) is 20.2. The lowest BCUT2D eigenvalue weighted by Crippen LogP contribution is -2.45. The predicted molar refractivity (Wildman–Crippen MR) is 63.7 cm³/mol. The molecule has 1 heterocycles. The maximum atomic E-state index is 11.7. The van der Waals surface area contributed by atoms with Gasteiger partial charge in [0.05, 0.1) is 19.2 Å². The van der Waals surface area contributed by atoms with Gasteiger partial charge in [-0.05, 0) is 0 Å². The number of Topliss-reactive ketones (excluding diaryl/α,β-unsaturated/α-hetero) is 1. The standard InChI is InChI=1S/C10H16N4O5/c11-1-5-8(17)7(10(19)14-5)6(16)2-13-9(18)4(12)3-15/h4-5,15,17H,1-3,11-12H2,(H,13,18)(H,14,19)/t4-,5-/m0/s1. The molecule has 0 fully saturated rings. The minimum Gasteiger partial charge on any atom is -0.509 e. The highest BCUT2D eigenvalue weighted by Gasteiger charge is 2.35. The Morgan fingerprint density at radius 2 is 2.11 bits per heavy atom. The molecule has 0 aliphatic carbocycles. The smallest absolute Gasteiger partial charge is 0.259 e. The van der Waals surface area contributed by atoms with E-state index in [0.29, 0.717) is 0 Å². The van der Waals surface area contributed by atoms with Crippen molar-refractivity contribution in [2.24, 2.45) is 11.5 Å². The minimum atomic E-state index is -1.15. The molecule has 0 bridgehead atoms. The molecule has 0 spiro atoms. The van der Waals surface area contributed by atoms with Crippen LogP contribution in [0.3, 0.4) is 0 Å². The third-order valence-electron chi connectivity index (χ3n) is 2.59. The molecule has 1 aliphatic rings. The number of rotatable bonds is 6. The number of ketones is 1. The molecule has 19 heavy (non-hydrogen) atoms. The Kier molecular flexibility index (Phi) is 4.98. The van der Waals surface area contributed by atoms with Gasteiger partial charge in [-0.15, -0.1) is 0 Å². The van der Waals surface area contributed by atoms with Crippen molar-refractivity contribution >= 4 is 17.6 Å². The minimum absolute atomic E-state index is 0.0455. The van der Waals surface area contributed by atoms with E-state index in [9.17, 15) is 19.5 Å². The third kappa shape index (κ3) is 3.28. The summed E-state index contributed by atoms with van der Waals surface area (Å²) >= 11 is 0. The van der Waals surface area contributed by atoms with Crippen LogP contribution >= 0.6 is 0 Å². The third-order valence-corrected chi connectivity index (χ3v) is 2.59. The van der Waals surface area contributed by atoms with Gasteiger partial charge in [-0.2, -0.15) is 0 Å². The van der Waals surface area contributed by atoms with Gasteiger partial charge in [0, 0.05) is 6.54 Å². The van der Waals surface area contributed by atoms with Crippen molar-refractivity contribution in [3.05, 3.63) is 11.3 Å². The zero-order chi connectivity index (χ0) is 14.6. The summed E-state index contributed by atoms with van der Waals surface area (Å²) in [5, 5.41) is 22.7. The van der Waals surface area contributed by atoms with Crippen molar-refractivity contribution in [3.63, 3.8) is 0 Å². The lowest BCUT2D eigenvalue weighted by Gasteiger charge is -2.08. The van der Waals surface area contributed by atoms with Crippen molar-refractivity contribution in [2.45, 2.75) is 12.1 Å². The van der Waals surface area contributed by atoms with E-state index < -0.39 is 54.2 Å². The number of nitrogens with one attached hydrogen (secondary N) is 2. The van der Waals surface area contributed by atoms with Crippen LogP contribution in [-0.4, -0.2) is 59.6 Å². The van der Waals surface area contributed by atoms with Crippen LogP contribution in [0.1, 0.15) is 0 Å². The number of amides is 2. The van der Waals surface area contributed by atoms with Gasteiger partial charge in [0.15, 0.2) is 5.78 Å². The van der Waals surface area contributed by atoms with Gasteiger partial charge in [-0.3, -0.25) is 14.4 Å². The maximum absolute atomic E-state index is 11.7. The highest BCUT2D eigenvalue weighted by atomic mass is 16.3. The summed E-state index contributed by atoms with van der Waals surface area (Å²) in [6.45, 7) is -1.11. The Balaban J connectivity index is 2.66. The largest absolute Gasteiger partial charge is 0.509 e. The summed E-state index contributed by atoms with van der Waals surface area (Å²) < 4.78 is 0. The van der Waals surface area contributed by atoms with Gasteiger partial charge in [-0.1, -0.05) is 0 Å². The van der Waals surface area contributed by atoms with Gasteiger partial charge in [0.2, 0.25) is 5.91 Å². The number of aliphatic hydroxyl groups is 2. The second-order valence-corrected chi connectivity index (χ2v) is 3.95. The molecular weight excluding hydrogens is 256 g/mol. The Morgan fingerprint density at radius 3 is 2.58 bits per heavy atom. The predicted octanol–water partition coefficient (Wildman–Crippen LogP) is -3.74. The van der Waals surface area contributed by atoms with Crippen LogP contribution in [0.15, 0.2) is 11.3 Å². The van der Waals surface area contributed by atoms with E-state index in [1.807, 2.05) is 0 Å². The molecule has 2 atom stereocenters. The van der Waals surface area contributed by atoms with Crippen LogP contribution in [0.25, 0.3) is 0 Å². The van der Waals surface area contributed by atoms with Crippen molar-refractivity contribution in [1.82, 2.24) is 10.6 Å². The van der Waals surface area contributed by atoms with Crippen molar-refractivity contribution < 1.29 is 24.6 Å². The van der Waals surface area contributed by atoms with Crippen LogP contribution in [0.2, 0.25) is 0 Å². The summed E-state index contributed by atoms with van der Waals surface area (Å²) in [5.41, 5.74) is 10.1. The SMILES string of the molecule is NC[C@@H]1NC(=O)C(C(=O)CNC(=O)[C@@H](N)CO)=C1O. The number of hydrogen-bond acceptors (Lipinski definition) is 7. The van der Waals surface area contributed by atoms with Gasteiger partial charge in [0.1, 0.15) is 17.4 Å². The van der Waals surface area contributed by atoms with Gasteiger partial charge in [0.25, 0.3) is 5.91 Å². The van der Waals surface area contributed by atoms with Gasteiger partial charge >= 0.3 is 0 Å². The summed E-state index contributed by atoms with van der Waals surface area (Å²) in [6.07, 6.45) is 0. The van der Waals surface area contributed by atoms with Crippen molar-refractivity contribution in [3.8, 4) is 0 Å². The molecule has 2 amide bonds. The molecule has 106 valence electrons. The van der Waals surface area contributed by atoms with Crippen molar-refractivity contribution in [1.29, 1.82) is 0 Å². The van der Waals surface area contributed by atoms with Gasteiger partial charge < -0.3 is 32.3 Å². The highest BCUT2D eigenvalue weighted by Crippen LogP contribution is 2.14. The molecule has 0 aromatic heterocycles. The first-order valence-corrected chi connectivity index (χ1v) is 5.53. The molecule has 0 saturated heterocycles. The quantitative estimate of drug-likeness (QED) is 0.270. The summed E-state index contributed by atoms with van der Waals surface area (Å²) in [7, 11) is 0. The molecule has 1 rings (SSSR count). The van der Waals surface area contributed by atoms with E-state index in [4.69, 9.17) is 16.6 Å². The fourth-order valence-corrected chi connectivity index (χ4v) is 1.50. The van der Waals surface area contributed by atoms with E-state index in [1.165, 1.54) is 0 Å². The molecule has 1 aliphatic heterocycles. The Hall–Kier alpha value is -1.97. The van der Waals surface area contributed by atoms with Crippen LogP contribution in [0.4, 0.5) is 0 Å². The van der Waals surface area contributed by atoms with Crippen LogP contribution < -0.4 is 22.1 Å². The Morgan fingerprint density at radius 1 is 1.47 bits per heavy atom. The molecule has 9 heteroatoms. The molecule has 0 radical (unpaired) electrons. The highest BCUT2D eigenvalue weighted by molar-refractivity contribution is 6.22. The van der Waals surface area contributed by atoms with Crippen molar-refractivity contribution in [2.75, 3.05) is 19.7 Å². The average molecular weight is 272 g/mol. The summed E-state index contributed by atoms with van der Waals surface area (Å²) in [6, 6.07) is -1.94. The lowest BCUT2D eigenvalue weighted by molar-refractivity contribution is -0.127. The fraction of sp³-hybridized carbons (Fsp3) is 0.500. The molecule has 0 aromatic rings. The molecule has 0 unspecified atom stereocenters. The lowest BCUT2D eigenvalue weighted by atomic mass is 10.1. The van der Waals surface area contributed by atoms with E-state index >= 15 is 0 Å². The van der Waals surface area contributed by atoms with Crippen LogP contribution in [-0.2, 0) is 14.4 Å². The second-order valence-electron chi connectivity index (χ2n) is 3.95. The number of aliphatic hydroxyl groups excluding tert-OH is 2. The zero-order valence-corrected chi connectivity index (χ0v) is 10.0. The van der Waals surface area contributed by atoms with Crippen LogP contribution in [0.5, 0.6) is 0 Å². The van der Waals surface area contributed by atoms with E-state index in [0.717, 1.165) is 0 Å². The number of carbonyl (C=O) groups excluding carboxylic acids is 3. The zero-order valence-electron chi connectivity index (χ0n) is 10.0. The Labute approximate surface area is 108 Å². The fourth-order valence-electron chi connectivity index (χ4n) is 1.50. The van der Waals surface area contributed by atoms with Gasteiger partial charge in [-0.25, -0.2) is 0 Å². The first-order valence-electron chi connectivity index (χ1n) is 5.53. The number of nitrogens with two attached hydrogens (primary N) is 2. The Bertz CT molecular complexity index is 434. The van der Waals surface area contributed by atoms with E-state index in [-0.39, 0.29) is 6.54 Å². The average Bonchev–Trinajstić information content (AvgIpc) is 2.69. The van der Waals surface area contributed by atoms with E-state index in [1.54, 1.807) is 0 Å². The molecular formula is C10H16N4O5. The summed E-state index contributed by atoms with van der Waals surface area (Å²) in [4.78, 5) is 34.4.